The molecule has 2 nitrogen and oxygen atoms in total. The predicted molar refractivity (Wildman–Crippen MR) is 101 cm³/mol. The molecule has 0 radical (unpaired) electrons. The quantitative estimate of drug-likeness (QED) is 0.770. The molecule has 0 unspecified atom stereocenters. The third kappa shape index (κ3) is 4.29. The van der Waals surface area contributed by atoms with Gasteiger partial charge in [0.05, 0.1) is 18.8 Å². The lowest BCUT2D eigenvalue weighted by Gasteiger charge is -2.52. The van der Waals surface area contributed by atoms with E-state index in [1.165, 1.54) is 11.1 Å². The smallest absolute Gasteiger partial charge is 0.0919 e. The molecule has 2 aromatic carbocycles. The van der Waals surface area contributed by atoms with Gasteiger partial charge in [0.1, 0.15) is 0 Å². The summed E-state index contributed by atoms with van der Waals surface area (Å²) in [5.41, 5.74) is 5.72. The highest BCUT2D eigenvalue weighted by Crippen LogP contribution is 2.51. The number of ether oxygens (including phenoxy) is 1. The van der Waals surface area contributed by atoms with E-state index in [1.54, 1.807) is 0 Å². The summed E-state index contributed by atoms with van der Waals surface area (Å²) in [6.45, 7) is 5.19. The second-order valence-electron chi connectivity index (χ2n) is 7.37. The highest BCUT2D eigenvalue weighted by molar-refractivity contribution is 5.34. The summed E-state index contributed by atoms with van der Waals surface area (Å²) in [5.74, 6) is 0. The van der Waals surface area contributed by atoms with E-state index < -0.39 is 5.60 Å². The van der Waals surface area contributed by atoms with E-state index in [2.05, 4.69) is 42.1 Å². The van der Waals surface area contributed by atoms with E-state index >= 15 is 0 Å². The molecule has 0 heterocycles. The SMILES string of the molecule is CC(C)=C=CC1(O)CC(COCc2ccccc2)(c2ccccc2)C1. The average molecular weight is 334 g/mol. The topological polar surface area (TPSA) is 29.5 Å². The van der Waals surface area contributed by atoms with E-state index in [0.29, 0.717) is 26.1 Å². The van der Waals surface area contributed by atoms with Crippen molar-refractivity contribution in [1.82, 2.24) is 0 Å². The molecule has 25 heavy (non-hydrogen) atoms. The molecule has 0 aromatic heterocycles. The molecule has 1 fully saturated rings. The van der Waals surface area contributed by atoms with Gasteiger partial charge in [0.2, 0.25) is 0 Å². The van der Waals surface area contributed by atoms with Crippen LogP contribution in [0.3, 0.4) is 0 Å². The molecule has 1 aliphatic rings. The zero-order chi connectivity index (χ0) is 17.8. The number of hydrogen-bond acceptors (Lipinski definition) is 2. The standard InChI is InChI=1S/C23H26O2/c1-19(2)13-14-23(24)16-22(17-23,21-11-7-4-8-12-21)18-25-15-20-9-5-3-6-10-20/h3-12,14,24H,15-18H2,1-2H3. The van der Waals surface area contributed by atoms with Crippen LogP contribution in [0, 0.1) is 0 Å². The Morgan fingerprint density at radius 2 is 1.64 bits per heavy atom. The minimum absolute atomic E-state index is 0.134. The van der Waals surface area contributed by atoms with Crippen molar-refractivity contribution in [2.75, 3.05) is 6.61 Å². The fourth-order valence-electron chi connectivity index (χ4n) is 3.62. The summed E-state index contributed by atoms with van der Waals surface area (Å²) in [6, 6.07) is 20.6. The average Bonchev–Trinajstić information content (AvgIpc) is 2.60. The molecule has 2 heteroatoms. The Hall–Kier alpha value is -2.12. The highest BCUT2D eigenvalue weighted by Gasteiger charge is 2.53. The monoisotopic (exact) mass is 334 g/mol. The van der Waals surface area contributed by atoms with Crippen LogP contribution in [-0.2, 0) is 16.8 Å². The van der Waals surface area contributed by atoms with Gasteiger partial charge < -0.3 is 9.84 Å². The highest BCUT2D eigenvalue weighted by atomic mass is 16.5. The Morgan fingerprint density at radius 3 is 2.24 bits per heavy atom. The fraction of sp³-hybridized carbons (Fsp3) is 0.348. The first kappa shape index (κ1) is 17.7. The molecular formula is C23H26O2. The van der Waals surface area contributed by atoms with Crippen LogP contribution in [0.1, 0.15) is 37.8 Å². The van der Waals surface area contributed by atoms with Crippen molar-refractivity contribution >= 4 is 0 Å². The van der Waals surface area contributed by atoms with Gasteiger partial charge in [0, 0.05) is 5.41 Å². The Labute approximate surface area is 150 Å². The van der Waals surface area contributed by atoms with Gasteiger partial charge in [-0.15, -0.1) is 5.73 Å². The molecule has 0 bridgehead atoms. The van der Waals surface area contributed by atoms with Crippen LogP contribution in [0.25, 0.3) is 0 Å². The van der Waals surface area contributed by atoms with Crippen LogP contribution >= 0.6 is 0 Å². The van der Waals surface area contributed by atoms with Gasteiger partial charge in [-0.1, -0.05) is 60.7 Å². The summed E-state index contributed by atoms with van der Waals surface area (Å²) in [7, 11) is 0. The largest absolute Gasteiger partial charge is 0.385 e. The van der Waals surface area contributed by atoms with Crippen molar-refractivity contribution in [3.8, 4) is 0 Å². The van der Waals surface area contributed by atoms with Gasteiger partial charge in [-0.05, 0) is 49.5 Å². The van der Waals surface area contributed by atoms with E-state index in [1.807, 2.05) is 44.2 Å². The first-order chi connectivity index (χ1) is 12.0. The Balaban J connectivity index is 1.73. The molecule has 0 atom stereocenters. The maximum Gasteiger partial charge on any atom is 0.0919 e. The number of hydrogen-bond donors (Lipinski definition) is 1. The molecule has 1 saturated carbocycles. The lowest BCUT2D eigenvalue weighted by molar-refractivity contribution is -0.0870. The molecule has 0 saturated heterocycles. The summed E-state index contributed by atoms with van der Waals surface area (Å²) >= 11 is 0. The van der Waals surface area contributed by atoms with Gasteiger partial charge in [0.25, 0.3) is 0 Å². The van der Waals surface area contributed by atoms with Crippen LogP contribution in [0.4, 0.5) is 0 Å². The van der Waals surface area contributed by atoms with Crippen LogP contribution in [-0.4, -0.2) is 17.3 Å². The van der Waals surface area contributed by atoms with Crippen molar-refractivity contribution in [2.45, 2.75) is 44.3 Å². The maximum atomic E-state index is 10.8. The number of benzene rings is 2. The van der Waals surface area contributed by atoms with E-state index in [-0.39, 0.29) is 5.41 Å². The van der Waals surface area contributed by atoms with Crippen molar-refractivity contribution in [3.63, 3.8) is 0 Å². The molecule has 0 aliphatic heterocycles. The lowest BCUT2D eigenvalue weighted by atomic mass is 9.56. The van der Waals surface area contributed by atoms with Gasteiger partial charge >= 0.3 is 0 Å². The fourth-order valence-corrected chi connectivity index (χ4v) is 3.62. The number of aliphatic hydroxyl groups is 1. The van der Waals surface area contributed by atoms with Crippen molar-refractivity contribution in [3.05, 3.63) is 89.2 Å². The molecule has 1 aliphatic carbocycles. The first-order valence-corrected chi connectivity index (χ1v) is 8.82. The van der Waals surface area contributed by atoms with E-state index in [0.717, 1.165) is 5.57 Å². The first-order valence-electron chi connectivity index (χ1n) is 8.82. The van der Waals surface area contributed by atoms with Crippen LogP contribution in [0.15, 0.2) is 78.0 Å². The Kier molecular flexibility index (Phi) is 5.24. The Bertz CT molecular complexity index is 745. The molecule has 0 spiro atoms. The normalized spacial score (nSPS) is 24.9. The zero-order valence-corrected chi connectivity index (χ0v) is 15.0. The molecule has 1 N–H and O–H groups in total. The van der Waals surface area contributed by atoms with Gasteiger partial charge in [-0.25, -0.2) is 0 Å². The van der Waals surface area contributed by atoms with Gasteiger partial charge in [-0.3, -0.25) is 0 Å². The summed E-state index contributed by atoms with van der Waals surface area (Å²) < 4.78 is 6.05. The van der Waals surface area contributed by atoms with Gasteiger partial charge in [-0.2, -0.15) is 0 Å². The molecule has 2 aromatic rings. The van der Waals surface area contributed by atoms with Crippen LogP contribution < -0.4 is 0 Å². The van der Waals surface area contributed by atoms with Crippen LogP contribution in [0.2, 0.25) is 0 Å². The predicted octanol–water partition coefficient (Wildman–Crippen LogP) is 4.79. The third-order valence-electron chi connectivity index (χ3n) is 4.79. The molecule has 130 valence electrons. The van der Waals surface area contributed by atoms with Crippen molar-refractivity contribution in [2.24, 2.45) is 0 Å². The minimum Gasteiger partial charge on any atom is -0.385 e. The van der Waals surface area contributed by atoms with Crippen molar-refractivity contribution in [1.29, 1.82) is 0 Å². The van der Waals surface area contributed by atoms with E-state index in [4.69, 9.17) is 4.74 Å². The summed E-state index contributed by atoms with van der Waals surface area (Å²) in [4.78, 5) is 0. The Morgan fingerprint density at radius 1 is 1.04 bits per heavy atom. The zero-order valence-electron chi connectivity index (χ0n) is 15.0. The molecule has 0 amide bonds. The van der Waals surface area contributed by atoms with E-state index in [9.17, 15) is 5.11 Å². The molecular weight excluding hydrogens is 308 g/mol. The van der Waals surface area contributed by atoms with Crippen molar-refractivity contribution < 1.29 is 9.84 Å². The maximum absolute atomic E-state index is 10.8. The molecule has 3 rings (SSSR count). The lowest BCUT2D eigenvalue weighted by Crippen LogP contribution is -2.55. The third-order valence-corrected chi connectivity index (χ3v) is 4.79. The summed E-state index contributed by atoms with van der Waals surface area (Å²) in [5, 5.41) is 10.8. The second kappa shape index (κ2) is 7.41. The number of rotatable bonds is 6. The summed E-state index contributed by atoms with van der Waals surface area (Å²) in [6.07, 6.45) is 3.15. The second-order valence-corrected chi connectivity index (χ2v) is 7.37. The minimum atomic E-state index is -0.788. The van der Waals surface area contributed by atoms with Crippen LogP contribution in [0.5, 0.6) is 0 Å². The van der Waals surface area contributed by atoms with Gasteiger partial charge in [0.15, 0.2) is 0 Å².